The highest BCUT2D eigenvalue weighted by Gasteiger charge is 2.31. The van der Waals surface area contributed by atoms with Gasteiger partial charge in [0.05, 0.1) is 65.1 Å². The van der Waals surface area contributed by atoms with Gasteiger partial charge in [0.1, 0.15) is 18.1 Å². The second kappa shape index (κ2) is 45.1. The molecular weight excluding hydrogens is 1180 g/mol. The Morgan fingerprint density at radius 1 is 0.352 bits per heavy atom. The summed E-state index contributed by atoms with van der Waals surface area (Å²) in [5.41, 5.74) is 13.7. The summed E-state index contributed by atoms with van der Waals surface area (Å²) in [6.45, 7) is -8.43. The number of nitrogens with two attached hydrogens (primary N) is 1. The molecule has 0 aromatic rings. The molecule has 0 aromatic heterocycles. The van der Waals surface area contributed by atoms with E-state index in [4.69, 9.17) is 11.5 Å². The minimum absolute atomic E-state index is 0.0248. The summed E-state index contributed by atoms with van der Waals surface area (Å²) >= 11 is 0. The Balaban J connectivity index is 5.31. The highest BCUT2D eigenvalue weighted by molar-refractivity contribution is 5.88. The van der Waals surface area contributed by atoms with Gasteiger partial charge in [0, 0.05) is 91.3 Å². The van der Waals surface area contributed by atoms with Crippen LogP contribution in [-0.4, -0.2) is 325 Å². The number of nitrogens with one attached hydrogen (secondary N) is 6. The predicted molar refractivity (Wildman–Crippen MR) is 299 cm³/mol. The molecule has 0 bridgehead atoms. The van der Waals surface area contributed by atoms with Crippen molar-refractivity contribution in [1.29, 1.82) is 0 Å². The first-order chi connectivity index (χ1) is 41.3. The van der Waals surface area contributed by atoms with E-state index in [1.807, 2.05) is 0 Å². The maximum Gasteiger partial charge on any atom is 0.320 e. The van der Waals surface area contributed by atoms with Gasteiger partial charge in [0.15, 0.2) is 0 Å². The van der Waals surface area contributed by atoms with E-state index >= 15 is 0 Å². The van der Waals surface area contributed by atoms with Gasteiger partial charge >= 0.3 is 59.7 Å². The molecule has 499 valence electrons. The van der Waals surface area contributed by atoms with Crippen molar-refractivity contribution in [3.8, 4) is 0 Å². The molecule has 0 fully saturated rings. The van der Waals surface area contributed by atoms with Crippen LogP contribution in [-0.2, 0) is 71.9 Å². The fourth-order valence-corrected chi connectivity index (χ4v) is 8.66. The van der Waals surface area contributed by atoms with Crippen molar-refractivity contribution < 1.29 is 123 Å². The van der Waals surface area contributed by atoms with Crippen LogP contribution in [0.1, 0.15) is 70.6 Å². The average molecular weight is 1270 g/mol. The van der Waals surface area contributed by atoms with Gasteiger partial charge in [-0.3, -0.25) is 101 Å². The van der Waals surface area contributed by atoms with Crippen LogP contribution in [0.15, 0.2) is 0 Å². The van der Waals surface area contributed by atoms with Crippen LogP contribution < -0.4 is 38.1 Å². The van der Waals surface area contributed by atoms with Gasteiger partial charge in [-0.2, -0.15) is 0 Å². The Bertz CT molecular complexity index is 2190. The summed E-state index contributed by atoms with van der Waals surface area (Å²) < 4.78 is 0. The van der Waals surface area contributed by atoms with Crippen LogP contribution in [0.5, 0.6) is 0 Å². The minimum atomic E-state index is -1.46. The molecule has 0 heterocycles. The van der Waals surface area contributed by atoms with Crippen molar-refractivity contribution in [2.24, 2.45) is 5.73 Å². The number of rotatable bonds is 55. The molecule has 0 saturated heterocycles. The van der Waals surface area contributed by atoms with E-state index < -0.39 is 166 Å². The van der Waals surface area contributed by atoms with E-state index in [-0.39, 0.29) is 149 Å². The highest BCUT2D eigenvalue weighted by Crippen LogP contribution is 2.13. The van der Waals surface area contributed by atoms with E-state index in [0.29, 0.717) is 0 Å². The normalized spacial score (nSPS) is 12.7. The summed E-state index contributed by atoms with van der Waals surface area (Å²) in [5.74, 6) is -17.1. The zero-order valence-corrected chi connectivity index (χ0v) is 48.6. The largest absolute Gasteiger partial charge is 0.480 e. The molecule has 0 spiro atoms. The minimum Gasteiger partial charge on any atom is -0.480 e. The van der Waals surface area contributed by atoms with Crippen molar-refractivity contribution in [3.63, 3.8) is 0 Å². The standard InChI is InChI=1S/C50H84N13O25/c51-31-56-48(84)33(6-2-4-13-54-37(65)10-8-35(50(87)88)63(21-17-60(27-43(75)76)28-44(77)78)22-18-61(29-45(79)80)30-46(81)82)57-38(66)11-14-55-47(83)32(52)5-1-3-12-53-36(64)9-7-34(49(85)86)62(19-15-58(23-39(67)68)24-40(69)70)20-16-59(25-41(71)72)26-42(73)74/h32-35,52H,1-31,51H2,(H,53,64)(H,54,65)(H,55,83)(H,56,84)(H,57,66)(H,67,68)(H,69,70)(H,71,72)(H,73,74)(H,75,76)(H,77,78)(H,79,80)(H,81,82)(H,85,86)(H,87,88)/t32-,33-,34?,35?/m0/s1. The molecule has 0 rings (SSSR count). The van der Waals surface area contributed by atoms with Crippen LogP contribution in [0.4, 0.5) is 0 Å². The fourth-order valence-electron chi connectivity index (χ4n) is 8.66. The SMILES string of the molecule is [NH][C@@H](CCCCNC(=O)CCC(C(=O)O)N(CCN(CC(=O)O)CC(=O)O)CCN(CC(=O)O)CC(=O)O)C(=O)NCCC(=O)N[C@@H](CCCCNC(=O)CCC(C(=O)O)N(CCN(CC(=O)O)CC(=O)O)CCN(CC(=O)O)CC(=O)O)C(=O)NCN. The van der Waals surface area contributed by atoms with Crippen LogP contribution >= 0.6 is 0 Å². The van der Waals surface area contributed by atoms with Gasteiger partial charge < -0.3 is 83.4 Å². The van der Waals surface area contributed by atoms with E-state index in [1.54, 1.807) is 0 Å². The Morgan fingerprint density at radius 3 is 0.966 bits per heavy atom. The number of hydrogen-bond donors (Lipinski definition) is 16. The Morgan fingerprint density at radius 2 is 0.670 bits per heavy atom. The van der Waals surface area contributed by atoms with Gasteiger partial charge in [0.25, 0.3) is 0 Å². The third-order valence-electron chi connectivity index (χ3n) is 12.8. The van der Waals surface area contributed by atoms with Crippen molar-refractivity contribution in [1.82, 2.24) is 61.7 Å². The zero-order chi connectivity index (χ0) is 66.9. The van der Waals surface area contributed by atoms with Crippen LogP contribution in [0.25, 0.3) is 0 Å². The Hall–Kier alpha value is -8.27. The quantitative estimate of drug-likeness (QED) is 0.0199. The average Bonchev–Trinajstić information content (AvgIpc) is 3.46. The number of hydrogen-bond acceptors (Lipinski definition) is 22. The van der Waals surface area contributed by atoms with E-state index in [9.17, 15) is 123 Å². The molecule has 0 aliphatic carbocycles. The number of unbranched alkanes of at least 4 members (excludes halogenated alkanes) is 2. The number of carboxylic acid groups (broad SMARTS) is 10. The Labute approximate surface area is 504 Å². The van der Waals surface area contributed by atoms with E-state index in [0.717, 1.165) is 19.6 Å². The third kappa shape index (κ3) is 40.2. The lowest BCUT2D eigenvalue weighted by atomic mass is 10.1. The molecule has 0 aromatic carbocycles. The van der Waals surface area contributed by atoms with Crippen LogP contribution in [0, 0.1) is 0 Å². The molecule has 38 nitrogen and oxygen atoms in total. The van der Waals surface area contributed by atoms with Crippen molar-refractivity contribution in [3.05, 3.63) is 0 Å². The van der Waals surface area contributed by atoms with Gasteiger partial charge in [-0.15, -0.1) is 0 Å². The monoisotopic (exact) mass is 1270 g/mol. The van der Waals surface area contributed by atoms with Crippen molar-refractivity contribution in [2.75, 3.05) is 131 Å². The van der Waals surface area contributed by atoms with E-state index in [1.165, 1.54) is 9.80 Å². The van der Waals surface area contributed by atoms with E-state index in [2.05, 4.69) is 26.6 Å². The van der Waals surface area contributed by atoms with Crippen LogP contribution in [0.2, 0.25) is 0 Å². The second-order valence-electron chi connectivity index (χ2n) is 20.0. The lowest BCUT2D eigenvalue weighted by Crippen LogP contribution is -2.50. The lowest BCUT2D eigenvalue weighted by molar-refractivity contribution is -0.146. The molecule has 18 N–H and O–H groups in total. The molecule has 4 atom stereocenters. The number of nitrogens with zero attached hydrogens (tertiary/aromatic N) is 6. The maximum atomic E-state index is 12.9. The summed E-state index contributed by atoms with van der Waals surface area (Å²) in [4.78, 5) is 186. The molecular formula is C50H84N13O25. The number of carbonyl (C=O) groups excluding carboxylic acids is 5. The summed E-state index contributed by atoms with van der Waals surface area (Å²) in [5, 5.41) is 107. The smallest absolute Gasteiger partial charge is 0.320 e. The summed E-state index contributed by atoms with van der Waals surface area (Å²) in [6, 6.07) is -5.29. The zero-order valence-electron chi connectivity index (χ0n) is 48.6. The second-order valence-corrected chi connectivity index (χ2v) is 20.0. The van der Waals surface area contributed by atoms with Crippen molar-refractivity contribution >= 4 is 89.2 Å². The van der Waals surface area contributed by atoms with Crippen LogP contribution in [0.3, 0.4) is 0 Å². The summed E-state index contributed by atoms with van der Waals surface area (Å²) in [6.07, 6.45) is -0.588. The fraction of sp³-hybridized carbons (Fsp3) is 0.700. The highest BCUT2D eigenvalue weighted by atomic mass is 16.4. The van der Waals surface area contributed by atoms with Gasteiger partial charge in [0.2, 0.25) is 29.5 Å². The lowest BCUT2D eigenvalue weighted by Gasteiger charge is -2.32. The topological polar surface area (TPSA) is 588 Å². The molecule has 5 amide bonds. The van der Waals surface area contributed by atoms with Crippen molar-refractivity contribution in [2.45, 2.75) is 94.8 Å². The Kier molecular flexibility index (Phi) is 40.8. The van der Waals surface area contributed by atoms with Gasteiger partial charge in [-0.25, -0.2) is 5.73 Å². The molecule has 2 unspecified atom stereocenters. The molecule has 88 heavy (non-hydrogen) atoms. The van der Waals surface area contributed by atoms with Gasteiger partial charge in [-0.1, -0.05) is 0 Å². The summed E-state index contributed by atoms with van der Waals surface area (Å²) in [7, 11) is 0. The number of amides is 5. The number of aliphatic carboxylic acids is 10. The first kappa shape index (κ1) is 79.7. The van der Waals surface area contributed by atoms with Gasteiger partial charge in [-0.05, 0) is 51.4 Å². The first-order valence-corrected chi connectivity index (χ1v) is 27.7. The maximum absolute atomic E-state index is 12.9. The molecule has 38 heteroatoms. The molecule has 1 radical (unpaired) electrons. The number of carbonyl (C=O) groups is 15. The first-order valence-electron chi connectivity index (χ1n) is 27.7. The molecule has 0 aliphatic rings. The predicted octanol–water partition coefficient (Wildman–Crippen LogP) is -6.81. The number of carboxylic acids is 10. The molecule has 0 aliphatic heterocycles. The molecule has 0 saturated carbocycles. The third-order valence-corrected chi connectivity index (χ3v) is 12.8.